The van der Waals surface area contributed by atoms with E-state index in [0.29, 0.717) is 24.0 Å². The summed E-state index contributed by atoms with van der Waals surface area (Å²) in [6, 6.07) is 4.30. The summed E-state index contributed by atoms with van der Waals surface area (Å²) < 4.78 is 0. The summed E-state index contributed by atoms with van der Waals surface area (Å²) in [7, 11) is 0. The Labute approximate surface area is 162 Å². The molecule has 0 saturated carbocycles. The van der Waals surface area contributed by atoms with Gasteiger partial charge in [0.05, 0.1) is 0 Å². The minimum Gasteiger partial charge on any atom is -0.371 e. The molecule has 1 amide bonds. The summed E-state index contributed by atoms with van der Waals surface area (Å²) in [6.07, 6.45) is 7.24. The molecular weight excluding hydrogens is 336 g/mol. The van der Waals surface area contributed by atoms with Crippen molar-refractivity contribution in [3.05, 3.63) is 28.8 Å². The van der Waals surface area contributed by atoms with Crippen molar-refractivity contribution in [3.63, 3.8) is 0 Å². The fourth-order valence-electron chi connectivity index (χ4n) is 5.44. The van der Waals surface area contributed by atoms with Crippen LogP contribution in [0.15, 0.2) is 12.1 Å². The highest BCUT2D eigenvalue weighted by atomic mass is 16.2. The van der Waals surface area contributed by atoms with Gasteiger partial charge in [-0.3, -0.25) is 9.59 Å². The summed E-state index contributed by atoms with van der Waals surface area (Å²) in [5.74, 6) is 1.72. The summed E-state index contributed by atoms with van der Waals surface area (Å²) in [5, 5.41) is 0. The van der Waals surface area contributed by atoms with Gasteiger partial charge in [0.25, 0.3) is 0 Å². The van der Waals surface area contributed by atoms with Crippen LogP contribution in [-0.2, 0) is 11.2 Å². The third-order valence-electron chi connectivity index (χ3n) is 7.02. The third-order valence-corrected chi connectivity index (χ3v) is 7.02. The largest absolute Gasteiger partial charge is 0.371 e. The lowest BCUT2D eigenvalue weighted by Crippen LogP contribution is -2.37. The van der Waals surface area contributed by atoms with Crippen LogP contribution in [-0.4, -0.2) is 42.8 Å². The maximum Gasteiger partial charge on any atom is 0.219 e. The predicted molar refractivity (Wildman–Crippen MR) is 109 cm³/mol. The van der Waals surface area contributed by atoms with Crippen LogP contribution in [0.25, 0.3) is 0 Å². The molecule has 0 radical (unpaired) electrons. The number of hydrogen-bond acceptors (Lipinski definition) is 3. The van der Waals surface area contributed by atoms with E-state index in [0.717, 1.165) is 57.4 Å². The molecule has 4 nitrogen and oxygen atoms in total. The highest BCUT2D eigenvalue weighted by Crippen LogP contribution is 2.45. The zero-order chi connectivity index (χ0) is 19.0. The molecule has 2 aliphatic heterocycles. The van der Waals surface area contributed by atoms with Crippen LogP contribution < -0.4 is 4.90 Å². The van der Waals surface area contributed by atoms with Gasteiger partial charge >= 0.3 is 0 Å². The van der Waals surface area contributed by atoms with Gasteiger partial charge < -0.3 is 9.80 Å². The zero-order valence-corrected chi connectivity index (χ0v) is 16.8. The van der Waals surface area contributed by atoms with E-state index in [-0.39, 0.29) is 5.91 Å². The molecule has 3 aliphatic rings. The molecule has 1 saturated heterocycles. The topological polar surface area (TPSA) is 40.6 Å². The molecule has 2 heterocycles. The van der Waals surface area contributed by atoms with E-state index in [9.17, 15) is 9.59 Å². The third kappa shape index (κ3) is 3.51. The monoisotopic (exact) mass is 368 g/mol. The molecule has 1 fully saturated rings. The number of rotatable bonds is 5. The van der Waals surface area contributed by atoms with Gasteiger partial charge in [0, 0.05) is 56.7 Å². The lowest BCUT2D eigenvalue weighted by molar-refractivity contribution is -0.130. The van der Waals surface area contributed by atoms with Crippen molar-refractivity contribution >= 4 is 17.4 Å². The molecule has 1 aliphatic carbocycles. The van der Waals surface area contributed by atoms with Crippen LogP contribution in [0, 0.1) is 5.92 Å². The van der Waals surface area contributed by atoms with Gasteiger partial charge in [0.2, 0.25) is 5.91 Å². The molecule has 1 aromatic rings. The van der Waals surface area contributed by atoms with E-state index < -0.39 is 0 Å². The van der Waals surface area contributed by atoms with Crippen LogP contribution in [0.1, 0.15) is 79.8 Å². The Bertz CT molecular complexity index is 734. The van der Waals surface area contributed by atoms with E-state index >= 15 is 0 Å². The Morgan fingerprint density at radius 1 is 1.15 bits per heavy atom. The molecule has 0 N–H and O–H groups in total. The smallest absolute Gasteiger partial charge is 0.219 e. The standard InChI is InChI=1S/C23H32N2O2/c1-3-24-15-18-5-4-6-20-19(8-9-21(24)23(18)20)22(27)10-7-17-11-13-25(14-12-17)16(2)26/h8-9,17-18H,3-7,10-15H2,1-2H3. The number of nitrogens with zero attached hydrogens (tertiary/aromatic N) is 2. The van der Waals surface area contributed by atoms with Crippen molar-refractivity contribution < 1.29 is 9.59 Å². The highest BCUT2D eigenvalue weighted by molar-refractivity contribution is 5.98. The first-order chi connectivity index (χ1) is 13.1. The molecule has 0 bridgehead atoms. The van der Waals surface area contributed by atoms with Gasteiger partial charge in [0.1, 0.15) is 0 Å². The fourth-order valence-corrected chi connectivity index (χ4v) is 5.44. The maximum absolute atomic E-state index is 13.0. The minimum atomic E-state index is 0.178. The number of benzene rings is 1. The quantitative estimate of drug-likeness (QED) is 0.733. The number of carbonyl (C=O) groups excluding carboxylic acids is 2. The molecule has 0 spiro atoms. The molecule has 4 heteroatoms. The normalized spacial score (nSPS) is 22.1. The second kappa shape index (κ2) is 7.65. The predicted octanol–water partition coefficient (Wildman–Crippen LogP) is 4.17. The van der Waals surface area contributed by atoms with E-state index in [2.05, 4.69) is 24.0 Å². The van der Waals surface area contributed by atoms with Crippen LogP contribution in [0.5, 0.6) is 0 Å². The summed E-state index contributed by atoms with van der Waals surface area (Å²) >= 11 is 0. The second-order valence-corrected chi connectivity index (χ2v) is 8.56. The first kappa shape index (κ1) is 18.5. The number of anilines is 1. The van der Waals surface area contributed by atoms with Crippen molar-refractivity contribution in [3.8, 4) is 0 Å². The Balaban J connectivity index is 1.43. The van der Waals surface area contributed by atoms with Gasteiger partial charge in [-0.1, -0.05) is 0 Å². The van der Waals surface area contributed by atoms with E-state index in [4.69, 9.17) is 0 Å². The van der Waals surface area contributed by atoms with E-state index in [1.54, 1.807) is 6.92 Å². The summed E-state index contributed by atoms with van der Waals surface area (Å²) in [5.41, 5.74) is 5.22. The molecule has 146 valence electrons. The highest BCUT2D eigenvalue weighted by Gasteiger charge is 2.34. The summed E-state index contributed by atoms with van der Waals surface area (Å²) in [6.45, 7) is 7.76. The van der Waals surface area contributed by atoms with Crippen molar-refractivity contribution in [2.24, 2.45) is 5.92 Å². The van der Waals surface area contributed by atoms with Crippen molar-refractivity contribution in [2.45, 2.75) is 64.7 Å². The van der Waals surface area contributed by atoms with Crippen LogP contribution in [0.2, 0.25) is 0 Å². The Morgan fingerprint density at radius 3 is 2.63 bits per heavy atom. The Kier molecular flexibility index (Phi) is 5.25. The molecule has 0 aromatic heterocycles. The average Bonchev–Trinajstić information content (AvgIpc) is 3.06. The number of amides is 1. The van der Waals surface area contributed by atoms with Crippen LogP contribution >= 0.6 is 0 Å². The first-order valence-electron chi connectivity index (χ1n) is 10.8. The molecule has 1 unspecified atom stereocenters. The Morgan fingerprint density at radius 2 is 1.93 bits per heavy atom. The fraction of sp³-hybridized carbons (Fsp3) is 0.652. The number of Topliss-reactive ketones (excluding diaryl/α,β-unsaturated/α-hetero) is 1. The number of likely N-dealkylation sites (N-methyl/N-ethyl adjacent to an activating group) is 1. The average molecular weight is 369 g/mol. The lowest BCUT2D eigenvalue weighted by Gasteiger charge is -2.31. The van der Waals surface area contributed by atoms with E-state index in [1.807, 2.05) is 4.90 Å². The number of carbonyl (C=O) groups is 2. The minimum absolute atomic E-state index is 0.178. The van der Waals surface area contributed by atoms with Gasteiger partial charge in [0.15, 0.2) is 5.78 Å². The van der Waals surface area contributed by atoms with E-state index in [1.165, 1.54) is 29.7 Å². The SMILES string of the molecule is CCN1CC2CCCc3c(C(=O)CCC4CCN(C(C)=O)CC4)ccc1c32. The molecular formula is C23H32N2O2. The van der Waals surface area contributed by atoms with Gasteiger partial charge in [-0.15, -0.1) is 0 Å². The zero-order valence-electron chi connectivity index (χ0n) is 16.8. The van der Waals surface area contributed by atoms with Crippen LogP contribution in [0.4, 0.5) is 5.69 Å². The van der Waals surface area contributed by atoms with Crippen molar-refractivity contribution in [2.75, 3.05) is 31.1 Å². The number of hydrogen-bond donors (Lipinski definition) is 0. The number of likely N-dealkylation sites (tertiary alicyclic amines) is 1. The lowest BCUT2D eigenvalue weighted by atomic mass is 9.80. The molecule has 27 heavy (non-hydrogen) atoms. The van der Waals surface area contributed by atoms with Gasteiger partial charge in [-0.2, -0.15) is 0 Å². The second-order valence-electron chi connectivity index (χ2n) is 8.56. The van der Waals surface area contributed by atoms with Crippen molar-refractivity contribution in [1.82, 2.24) is 4.90 Å². The van der Waals surface area contributed by atoms with Crippen LogP contribution in [0.3, 0.4) is 0 Å². The maximum atomic E-state index is 13.0. The summed E-state index contributed by atoms with van der Waals surface area (Å²) in [4.78, 5) is 28.9. The van der Waals surface area contributed by atoms with Gasteiger partial charge in [-0.25, -0.2) is 0 Å². The molecule has 4 rings (SSSR count). The number of piperidine rings is 1. The number of ketones is 1. The molecule has 1 atom stereocenters. The molecule has 1 aromatic carbocycles. The van der Waals surface area contributed by atoms with Gasteiger partial charge in [-0.05, 0) is 74.6 Å². The van der Waals surface area contributed by atoms with Crippen molar-refractivity contribution in [1.29, 1.82) is 0 Å². The first-order valence-corrected chi connectivity index (χ1v) is 10.8. The Hall–Kier alpha value is -1.84.